The highest BCUT2D eigenvalue weighted by atomic mass is 32.2. The van der Waals surface area contributed by atoms with Crippen molar-refractivity contribution in [2.24, 2.45) is 0 Å². The number of H-pyrrole nitrogens is 1. The molecule has 0 bridgehead atoms. The van der Waals surface area contributed by atoms with Crippen LogP contribution in [0.25, 0.3) is 0 Å². The van der Waals surface area contributed by atoms with Crippen molar-refractivity contribution in [3.63, 3.8) is 0 Å². The monoisotopic (exact) mass is 257 g/mol. The SMILES string of the molecule is CNCc1cc(S(=O)(=O)N2CCCCC2)c[nH]1. The van der Waals surface area contributed by atoms with Gasteiger partial charge in [0.05, 0.1) is 4.90 Å². The number of nitrogens with one attached hydrogen (secondary N) is 2. The quantitative estimate of drug-likeness (QED) is 0.842. The lowest BCUT2D eigenvalue weighted by Gasteiger charge is -2.25. The van der Waals surface area contributed by atoms with E-state index < -0.39 is 10.0 Å². The Balaban J connectivity index is 2.18. The Labute approximate surface area is 102 Å². The average Bonchev–Trinajstić information content (AvgIpc) is 2.80. The predicted molar refractivity (Wildman–Crippen MR) is 66.2 cm³/mol. The number of sulfonamides is 1. The van der Waals surface area contributed by atoms with E-state index in [0.29, 0.717) is 24.5 Å². The Morgan fingerprint density at radius 1 is 1.35 bits per heavy atom. The Morgan fingerprint density at radius 3 is 2.71 bits per heavy atom. The third-order valence-electron chi connectivity index (χ3n) is 3.04. The van der Waals surface area contributed by atoms with Gasteiger partial charge < -0.3 is 10.3 Å². The minimum absolute atomic E-state index is 0.379. The Kier molecular flexibility index (Phi) is 3.86. The van der Waals surface area contributed by atoms with Crippen LogP contribution in [-0.2, 0) is 16.6 Å². The third kappa shape index (κ3) is 2.70. The molecule has 0 unspecified atom stereocenters. The topological polar surface area (TPSA) is 65.2 Å². The Morgan fingerprint density at radius 2 is 2.06 bits per heavy atom. The maximum atomic E-state index is 12.3. The predicted octanol–water partition coefficient (Wildman–Crippen LogP) is 0.909. The lowest BCUT2D eigenvalue weighted by molar-refractivity contribution is 0.346. The van der Waals surface area contributed by atoms with Crippen molar-refractivity contribution in [2.45, 2.75) is 30.7 Å². The minimum atomic E-state index is -3.29. The van der Waals surface area contributed by atoms with Crippen molar-refractivity contribution in [2.75, 3.05) is 20.1 Å². The number of aromatic amines is 1. The summed E-state index contributed by atoms with van der Waals surface area (Å²) >= 11 is 0. The first-order valence-electron chi connectivity index (χ1n) is 5.96. The highest BCUT2D eigenvalue weighted by Gasteiger charge is 2.26. The van der Waals surface area contributed by atoms with Crippen LogP contribution in [0, 0.1) is 0 Å². The van der Waals surface area contributed by atoms with Gasteiger partial charge in [0.2, 0.25) is 10.0 Å². The van der Waals surface area contributed by atoms with Crippen LogP contribution in [0.15, 0.2) is 17.2 Å². The first kappa shape index (κ1) is 12.6. The van der Waals surface area contributed by atoms with Crippen molar-refractivity contribution in [1.82, 2.24) is 14.6 Å². The first-order valence-corrected chi connectivity index (χ1v) is 7.40. The number of rotatable bonds is 4. The molecule has 5 nitrogen and oxygen atoms in total. The van der Waals surface area contributed by atoms with E-state index in [1.165, 1.54) is 0 Å². The van der Waals surface area contributed by atoms with E-state index in [0.717, 1.165) is 25.0 Å². The second kappa shape index (κ2) is 5.20. The minimum Gasteiger partial charge on any atom is -0.363 e. The van der Waals surface area contributed by atoms with E-state index in [1.54, 1.807) is 16.6 Å². The van der Waals surface area contributed by atoms with E-state index in [2.05, 4.69) is 10.3 Å². The summed E-state index contributed by atoms with van der Waals surface area (Å²) in [4.78, 5) is 3.36. The van der Waals surface area contributed by atoms with Gasteiger partial charge in [0, 0.05) is 31.5 Å². The maximum Gasteiger partial charge on any atom is 0.244 e. The molecule has 1 fully saturated rings. The number of hydrogen-bond donors (Lipinski definition) is 2. The van der Waals surface area contributed by atoms with E-state index in [4.69, 9.17) is 0 Å². The van der Waals surface area contributed by atoms with E-state index in [1.807, 2.05) is 7.05 Å². The fourth-order valence-corrected chi connectivity index (χ4v) is 3.65. The van der Waals surface area contributed by atoms with Crippen LogP contribution in [0.2, 0.25) is 0 Å². The molecule has 17 heavy (non-hydrogen) atoms. The Hall–Kier alpha value is -0.850. The van der Waals surface area contributed by atoms with Crippen molar-refractivity contribution in [1.29, 1.82) is 0 Å². The summed E-state index contributed by atoms with van der Waals surface area (Å²) in [6.45, 7) is 1.94. The van der Waals surface area contributed by atoms with Crippen molar-refractivity contribution >= 4 is 10.0 Å². The summed E-state index contributed by atoms with van der Waals surface area (Å²) in [7, 11) is -1.45. The molecule has 0 spiro atoms. The second-order valence-corrected chi connectivity index (χ2v) is 6.29. The summed E-state index contributed by atoms with van der Waals surface area (Å²) in [5, 5.41) is 2.99. The molecular formula is C11H19N3O2S. The van der Waals surface area contributed by atoms with Gasteiger partial charge in [-0.1, -0.05) is 6.42 Å². The number of hydrogen-bond acceptors (Lipinski definition) is 3. The van der Waals surface area contributed by atoms with Crippen LogP contribution >= 0.6 is 0 Å². The maximum absolute atomic E-state index is 12.3. The third-order valence-corrected chi connectivity index (χ3v) is 4.91. The lowest BCUT2D eigenvalue weighted by atomic mass is 10.2. The summed E-state index contributed by atoms with van der Waals surface area (Å²) in [5.74, 6) is 0. The zero-order chi connectivity index (χ0) is 12.3. The summed E-state index contributed by atoms with van der Waals surface area (Å²) in [6.07, 6.45) is 4.64. The van der Waals surface area contributed by atoms with Crippen LogP contribution in [0.4, 0.5) is 0 Å². The van der Waals surface area contributed by atoms with Gasteiger partial charge in [0.1, 0.15) is 0 Å². The number of nitrogens with zero attached hydrogens (tertiary/aromatic N) is 1. The molecule has 0 aromatic carbocycles. The smallest absolute Gasteiger partial charge is 0.244 e. The molecule has 2 N–H and O–H groups in total. The normalized spacial score (nSPS) is 18.4. The zero-order valence-corrected chi connectivity index (χ0v) is 10.9. The van der Waals surface area contributed by atoms with Crippen molar-refractivity contribution < 1.29 is 8.42 Å². The Bertz CT molecular complexity index is 461. The van der Waals surface area contributed by atoms with Gasteiger partial charge in [0.15, 0.2) is 0 Å². The molecule has 1 saturated heterocycles. The van der Waals surface area contributed by atoms with Crippen molar-refractivity contribution in [3.05, 3.63) is 18.0 Å². The molecule has 2 rings (SSSR count). The van der Waals surface area contributed by atoms with Crippen LogP contribution in [0.1, 0.15) is 25.0 Å². The lowest BCUT2D eigenvalue weighted by Crippen LogP contribution is -2.35. The van der Waals surface area contributed by atoms with E-state index in [-0.39, 0.29) is 0 Å². The van der Waals surface area contributed by atoms with E-state index >= 15 is 0 Å². The number of aromatic nitrogens is 1. The van der Waals surface area contributed by atoms with Gasteiger partial charge >= 0.3 is 0 Å². The molecule has 0 atom stereocenters. The fourth-order valence-electron chi connectivity index (χ4n) is 2.11. The molecule has 1 aromatic heterocycles. The zero-order valence-electron chi connectivity index (χ0n) is 10.1. The number of piperidine rings is 1. The molecule has 2 heterocycles. The van der Waals surface area contributed by atoms with Crippen molar-refractivity contribution in [3.8, 4) is 0 Å². The standard InChI is InChI=1S/C11H19N3O2S/c1-12-8-10-7-11(9-13-10)17(15,16)14-5-3-2-4-6-14/h7,9,12-13H,2-6,8H2,1H3. The molecule has 1 aliphatic rings. The van der Waals surface area contributed by atoms with Crippen LogP contribution in [0.5, 0.6) is 0 Å². The molecule has 1 aliphatic heterocycles. The molecule has 1 aromatic rings. The molecule has 0 aliphatic carbocycles. The van der Waals surface area contributed by atoms with E-state index in [9.17, 15) is 8.42 Å². The molecular weight excluding hydrogens is 238 g/mol. The highest BCUT2D eigenvalue weighted by molar-refractivity contribution is 7.89. The molecule has 6 heteroatoms. The molecule has 0 radical (unpaired) electrons. The first-order chi connectivity index (χ1) is 8.14. The van der Waals surface area contributed by atoms with Gasteiger partial charge in [-0.25, -0.2) is 8.42 Å². The van der Waals surface area contributed by atoms with Gasteiger partial charge in [-0.15, -0.1) is 0 Å². The highest BCUT2D eigenvalue weighted by Crippen LogP contribution is 2.20. The van der Waals surface area contributed by atoms with Gasteiger partial charge in [0.25, 0.3) is 0 Å². The largest absolute Gasteiger partial charge is 0.363 e. The summed E-state index contributed by atoms with van der Waals surface area (Å²) in [6, 6.07) is 1.71. The molecule has 0 saturated carbocycles. The van der Waals surface area contributed by atoms with Crippen LogP contribution in [0.3, 0.4) is 0 Å². The second-order valence-electron chi connectivity index (χ2n) is 4.36. The van der Waals surface area contributed by atoms with Gasteiger partial charge in [-0.3, -0.25) is 0 Å². The van der Waals surface area contributed by atoms with Crippen LogP contribution in [-0.4, -0.2) is 37.8 Å². The average molecular weight is 257 g/mol. The van der Waals surface area contributed by atoms with Gasteiger partial charge in [-0.2, -0.15) is 4.31 Å². The van der Waals surface area contributed by atoms with Crippen LogP contribution < -0.4 is 5.32 Å². The molecule has 0 amide bonds. The molecule has 96 valence electrons. The van der Waals surface area contributed by atoms with Gasteiger partial charge in [-0.05, 0) is 26.0 Å². The summed E-state index contributed by atoms with van der Waals surface area (Å²) < 4.78 is 26.2. The fraction of sp³-hybridized carbons (Fsp3) is 0.636. The summed E-state index contributed by atoms with van der Waals surface area (Å²) in [5.41, 5.74) is 0.892.